The predicted octanol–water partition coefficient (Wildman–Crippen LogP) is 1.36. The van der Waals surface area contributed by atoms with Crippen LogP contribution in [0.25, 0.3) is 11.3 Å². The molecule has 3 N–H and O–H groups in total. The fourth-order valence-corrected chi connectivity index (χ4v) is 2.83. The first-order chi connectivity index (χ1) is 12.4. The van der Waals surface area contributed by atoms with E-state index in [0.29, 0.717) is 13.1 Å². The number of benzene rings is 1. The lowest BCUT2D eigenvalue weighted by Crippen LogP contribution is -3.09. The van der Waals surface area contributed by atoms with Gasteiger partial charge in [0.05, 0.1) is 7.05 Å². The quantitative estimate of drug-likeness (QED) is 0.601. The first-order valence-corrected chi connectivity index (χ1v) is 9.41. The minimum absolute atomic E-state index is 0.166. The molecule has 2 atom stereocenters. The van der Waals surface area contributed by atoms with Gasteiger partial charge >= 0.3 is 0 Å². The number of rotatable bonds is 8. The van der Waals surface area contributed by atoms with E-state index >= 15 is 0 Å². The highest BCUT2D eigenvalue weighted by Crippen LogP contribution is 2.23. The van der Waals surface area contributed by atoms with Crippen molar-refractivity contribution < 1.29 is 18.9 Å². The lowest BCUT2D eigenvalue weighted by atomic mass is 10.2. The van der Waals surface area contributed by atoms with E-state index in [-0.39, 0.29) is 18.4 Å². The molecule has 6 nitrogen and oxygen atoms in total. The second kappa shape index (κ2) is 9.54. The number of hydrogen-bond acceptors (Lipinski definition) is 3. The van der Waals surface area contributed by atoms with E-state index in [1.54, 1.807) is 6.92 Å². The highest BCUT2D eigenvalue weighted by Gasteiger charge is 2.18. The van der Waals surface area contributed by atoms with Crippen LogP contribution in [0.1, 0.15) is 19.6 Å². The van der Waals surface area contributed by atoms with E-state index in [1.807, 2.05) is 50.4 Å². The number of nitrogens with one attached hydrogen (secondary N) is 3. The van der Waals surface area contributed by atoms with Crippen molar-refractivity contribution in [2.24, 2.45) is 0 Å². The number of halogens is 1. The van der Waals surface area contributed by atoms with Gasteiger partial charge in [0.25, 0.3) is 5.91 Å². The van der Waals surface area contributed by atoms with Crippen LogP contribution < -0.4 is 15.5 Å². The summed E-state index contributed by atoms with van der Waals surface area (Å²) < 4.78 is 6.90. The van der Waals surface area contributed by atoms with Crippen LogP contribution >= 0.6 is 15.9 Å². The van der Waals surface area contributed by atoms with Gasteiger partial charge in [0.15, 0.2) is 12.3 Å². The summed E-state index contributed by atoms with van der Waals surface area (Å²) in [6.45, 7) is 4.91. The number of hydrogen-bond donors (Lipinski definition) is 3. The normalized spacial score (nSPS) is 13.1. The van der Waals surface area contributed by atoms with E-state index in [2.05, 4.69) is 26.6 Å². The molecule has 2 amide bonds. The minimum atomic E-state index is -0.539. The first-order valence-electron chi connectivity index (χ1n) is 8.62. The molecule has 0 saturated heterocycles. The van der Waals surface area contributed by atoms with Crippen molar-refractivity contribution >= 4 is 27.7 Å². The van der Waals surface area contributed by atoms with Crippen molar-refractivity contribution in [2.45, 2.75) is 26.4 Å². The third-order valence-corrected chi connectivity index (χ3v) is 4.38. The number of carbonyl (C=O) groups is 2. The summed E-state index contributed by atoms with van der Waals surface area (Å²) in [5.74, 6) is 1.27. The third-order valence-electron chi connectivity index (χ3n) is 3.85. The van der Waals surface area contributed by atoms with Crippen molar-refractivity contribution in [3.05, 3.63) is 46.6 Å². The van der Waals surface area contributed by atoms with Crippen LogP contribution in [0.3, 0.4) is 0 Å². The Labute approximate surface area is 162 Å². The average molecular weight is 423 g/mol. The van der Waals surface area contributed by atoms with Gasteiger partial charge in [0, 0.05) is 16.6 Å². The maximum atomic E-state index is 12.1. The largest absolute Gasteiger partial charge is 0.455 e. The number of quaternary nitrogens is 1. The molecule has 0 spiro atoms. The van der Waals surface area contributed by atoms with Gasteiger partial charge in [-0.05, 0) is 38.1 Å². The average Bonchev–Trinajstić information content (AvgIpc) is 3.03. The van der Waals surface area contributed by atoms with E-state index in [0.717, 1.165) is 26.5 Å². The SMILES string of the molecule is CCNC(=O)[C@@H](C)NC(=O)C[NH+](C)Cc1ccc(-c2ccc(Br)cc2)o1. The molecule has 0 saturated carbocycles. The number of likely N-dealkylation sites (N-methyl/N-ethyl adjacent to an activating group) is 2. The molecule has 0 radical (unpaired) electrons. The molecular weight excluding hydrogens is 398 g/mol. The molecule has 140 valence electrons. The van der Waals surface area contributed by atoms with E-state index in [9.17, 15) is 9.59 Å². The highest BCUT2D eigenvalue weighted by molar-refractivity contribution is 9.10. The Bertz CT molecular complexity index is 743. The Balaban J connectivity index is 1.86. The Morgan fingerprint density at radius 1 is 1.19 bits per heavy atom. The molecule has 7 heteroatoms. The number of amides is 2. The summed E-state index contributed by atoms with van der Waals surface area (Å²) >= 11 is 3.42. The van der Waals surface area contributed by atoms with Crippen LogP contribution in [0, 0.1) is 0 Å². The van der Waals surface area contributed by atoms with Gasteiger partial charge < -0.3 is 20.0 Å². The molecule has 1 aromatic heterocycles. The van der Waals surface area contributed by atoms with E-state index in [1.165, 1.54) is 0 Å². The summed E-state index contributed by atoms with van der Waals surface area (Å²) in [5, 5.41) is 5.40. The zero-order valence-corrected chi connectivity index (χ0v) is 16.9. The monoisotopic (exact) mass is 422 g/mol. The van der Waals surface area contributed by atoms with Crippen LogP contribution in [0.4, 0.5) is 0 Å². The van der Waals surface area contributed by atoms with Crippen LogP contribution in [0.2, 0.25) is 0 Å². The molecule has 0 aliphatic heterocycles. The van der Waals surface area contributed by atoms with Crippen LogP contribution in [0.5, 0.6) is 0 Å². The lowest BCUT2D eigenvalue weighted by molar-refractivity contribution is -0.886. The summed E-state index contributed by atoms with van der Waals surface area (Å²) in [4.78, 5) is 24.7. The number of furan rings is 1. The Morgan fingerprint density at radius 3 is 2.54 bits per heavy atom. The maximum absolute atomic E-state index is 12.1. The second-order valence-corrected chi connectivity index (χ2v) is 7.18. The van der Waals surface area contributed by atoms with Gasteiger partial charge in [-0.2, -0.15) is 0 Å². The van der Waals surface area contributed by atoms with Crippen LogP contribution in [-0.4, -0.2) is 38.0 Å². The second-order valence-electron chi connectivity index (χ2n) is 6.27. The topological polar surface area (TPSA) is 75.8 Å². The van der Waals surface area contributed by atoms with Crippen LogP contribution in [-0.2, 0) is 16.1 Å². The van der Waals surface area contributed by atoms with E-state index < -0.39 is 6.04 Å². The predicted molar refractivity (Wildman–Crippen MR) is 104 cm³/mol. The van der Waals surface area contributed by atoms with Gasteiger partial charge in [-0.15, -0.1) is 0 Å². The molecular formula is C19H25BrN3O3+. The van der Waals surface area contributed by atoms with Crippen molar-refractivity contribution in [3.8, 4) is 11.3 Å². The van der Waals surface area contributed by atoms with Crippen molar-refractivity contribution in [1.82, 2.24) is 10.6 Å². The standard InChI is InChI=1S/C19H24BrN3O3/c1-4-21-19(25)13(2)22-18(24)12-23(3)11-16-9-10-17(26-16)14-5-7-15(20)8-6-14/h5-10,13H,4,11-12H2,1-3H3,(H,21,25)(H,22,24)/p+1/t13-/m1/s1. The summed E-state index contributed by atoms with van der Waals surface area (Å²) in [6.07, 6.45) is 0. The van der Waals surface area contributed by atoms with Gasteiger partial charge in [-0.3, -0.25) is 9.59 Å². The smallest absolute Gasteiger partial charge is 0.275 e. The molecule has 0 bridgehead atoms. The summed E-state index contributed by atoms with van der Waals surface area (Å²) in [5.41, 5.74) is 1.01. The Morgan fingerprint density at radius 2 is 1.88 bits per heavy atom. The van der Waals surface area contributed by atoms with E-state index in [4.69, 9.17) is 4.42 Å². The van der Waals surface area contributed by atoms with Crippen molar-refractivity contribution in [2.75, 3.05) is 20.1 Å². The van der Waals surface area contributed by atoms with Crippen molar-refractivity contribution in [3.63, 3.8) is 0 Å². The molecule has 0 fully saturated rings. The molecule has 26 heavy (non-hydrogen) atoms. The first kappa shape index (κ1) is 20.2. The summed E-state index contributed by atoms with van der Waals surface area (Å²) in [7, 11) is 1.91. The molecule has 1 heterocycles. The Kier molecular flexibility index (Phi) is 7.41. The van der Waals surface area contributed by atoms with Gasteiger partial charge in [-0.25, -0.2) is 0 Å². The minimum Gasteiger partial charge on any atom is -0.455 e. The molecule has 0 aliphatic carbocycles. The van der Waals surface area contributed by atoms with Crippen molar-refractivity contribution in [1.29, 1.82) is 0 Å². The molecule has 0 aliphatic rings. The number of carbonyl (C=O) groups excluding carboxylic acids is 2. The zero-order chi connectivity index (χ0) is 19.1. The lowest BCUT2D eigenvalue weighted by Gasteiger charge is -2.16. The fraction of sp³-hybridized carbons (Fsp3) is 0.368. The maximum Gasteiger partial charge on any atom is 0.275 e. The summed E-state index contributed by atoms with van der Waals surface area (Å²) in [6, 6.07) is 11.2. The van der Waals surface area contributed by atoms with Crippen LogP contribution in [0.15, 0.2) is 45.3 Å². The van der Waals surface area contributed by atoms with Gasteiger partial charge in [0.2, 0.25) is 5.91 Å². The van der Waals surface area contributed by atoms with Gasteiger partial charge in [-0.1, -0.05) is 28.1 Å². The fourth-order valence-electron chi connectivity index (χ4n) is 2.56. The zero-order valence-electron chi connectivity index (χ0n) is 15.3. The Hall–Kier alpha value is -2.12. The molecule has 1 unspecified atom stereocenters. The highest BCUT2D eigenvalue weighted by atomic mass is 79.9. The molecule has 1 aromatic carbocycles. The third kappa shape index (κ3) is 6.00. The van der Waals surface area contributed by atoms with Gasteiger partial charge in [0.1, 0.15) is 18.3 Å². The molecule has 2 rings (SSSR count). The molecule has 2 aromatic rings.